The zero-order valence-electron chi connectivity index (χ0n) is 22.3. The summed E-state index contributed by atoms with van der Waals surface area (Å²) in [7, 11) is 4.84. The van der Waals surface area contributed by atoms with Gasteiger partial charge in [-0.2, -0.15) is 10.2 Å². The van der Waals surface area contributed by atoms with Crippen LogP contribution in [0.15, 0.2) is 36.7 Å². The number of aromatic nitrogens is 5. The molecule has 2 N–H and O–H groups in total. The van der Waals surface area contributed by atoms with E-state index in [1.54, 1.807) is 24.0 Å². The number of nitrogens with zero attached hydrogens (tertiary/aromatic N) is 6. The molecule has 0 saturated heterocycles. The van der Waals surface area contributed by atoms with Crippen molar-refractivity contribution >= 4 is 11.7 Å². The highest BCUT2D eigenvalue weighted by Gasteiger charge is 2.32. The van der Waals surface area contributed by atoms with Crippen LogP contribution >= 0.6 is 0 Å². The number of carbonyl (C=O) groups is 1. The van der Waals surface area contributed by atoms with Crippen LogP contribution in [0.2, 0.25) is 0 Å². The zero-order valence-corrected chi connectivity index (χ0v) is 22.3. The van der Waals surface area contributed by atoms with Gasteiger partial charge in [0.05, 0.1) is 18.5 Å². The highest BCUT2D eigenvalue weighted by atomic mass is 19.1. The van der Waals surface area contributed by atoms with E-state index < -0.39 is 6.10 Å². The summed E-state index contributed by atoms with van der Waals surface area (Å²) in [4.78, 5) is 23.2. The molecular weight excluding hydrogens is 501 g/mol. The number of hydrogen-bond acceptors (Lipinski definition) is 7. The van der Waals surface area contributed by atoms with E-state index in [4.69, 9.17) is 25.5 Å². The molecule has 10 nitrogen and oxygen atoms in total. The first-order chi connectivity index (χ1) is 18.7. The molecule has 4 aromatic rings. The predicted molar refractivity (Wildman–Crippen MR) is 142 cm³/mol. The predicted octanol–water partition coefficient (Wildman–Crippen LogP) is 4.15. The van der Waals surface area contributed by atoms with Gasteiger partial charge in [-0.15, -0.1) is 0 Å². The number of benzene rings is 1. The van der Waals surface area contributed by atoms with E-state index in [1.807, 2.05) is 30.9 Å². The molecule has 0 unspecified atom stereocenters. The minimum absolute atomic E-state index is 0.212. The van der Waals surface area contributed by atoms with Gasteiger partial charge in [0, 0.05) is 67.3 Å². The molecule has 4 heterocycles. The molecule has 1 aromatic carbocycles. The molecule has 1 aliphatic heterocycles. The van der Waals surface area contributed by atoms with Crippen LogP contribution in [0, 0.1) is 11.7 Å². The van der Waals surface area contributed by atoms with Crippen LogP contribution in [0.5, 0.6) is 5.75 Å². The van der Waals surface area contributed by atoms with E-state index in [0.717, 1.165) is 35.2 Å². The number of nitrogens with two attached hydrogens (primary N) is 1. The van der Waals surface area contributed by atoms with Crippen LogP contribution in [0.3, 0.4) is 0 Å². The van der Waals surface area contributed by atoms with Gasteiger partial charge in [-0.05, 0) is 49.9 Å². The average Bonchev–Trinajstić information content (AvgIpc) is 3.56. The van der Waals surface area contributed by atoms with Gasteiger partial charge in [-0.1, -0.05) is 0 Å². The number of fused-ring (bicyclic) bond motifs is 7. The molecule has 11 heteroatoms. The van der Waals surface area contributed by atoms with Crippen LogP contribution in [0.1, 0.15) is 53.0 Å². The third-order valence-corrected chi connectivity index (χ3v) is 7.38. The van der Waals surface area contributed by atoms with Crippen molar-refractivity contribution in [2.24, 2.45) is 13.0 Å². The largest absolute Gasteiger partial charge is 0.482 e. The molecule has 39 heavy (non-hydrogen) atoms. The van der Waals surface area contributed by atoms with Crippen LogP contribution < -0.4 is 10.5 Å². The number of anilines is 1. The number of ether oxygens (including phenoxy) is 1. The smallest absolute Gasteiger partial charge is 0.297 e. The fourth-order valence-electron chi connectivity index (χ4n) is 5.17. The van der Waals surface area contributed by atoms with E-state index in [2.05, 4.69) is 4.98 Å². The molecule has 3 aromatic heterocycles. The Balaban J connectivity index is 1.65. The molecule has 1 atom stereocenters. The van der Waals surface area contributed by atoms with E-state index in [0.29, 0.717) is 41.5 Å². The van der Waals surface area contributed by atoms with Gasteiger partial charge in [-0.3, -0.25) is 19.0 Å². The first-order valence-corrected chi connectivity index (χ1v) is 12.9. The Labute approximate surface area is 225 Å². The van der Waals surface area contributed by atoms with Crippen molar-refractivity contribution < 1.29 is 18.8 Å². The maximum atomic E-state index is 14.5. The number of rotatable bonds is 4. The molecule has 1 fully saturated rings. The Kier molecular flexibility index (Phi) is 6.10. The van der Waals surface area contributed by atoms with Gasteiger partial charge in [-0.25, -0.2) is 14.4 Å². The maximum Gasteiger partial charge on any atom is 0.297 e. The minimum atomic E-state index is -0.548. The molecule has 1 saturated carbocycles. The Morgan fingerprint density at radius 2 is 2.08 bits per heavy atom. The standard InChI is InChI=1S/C28H30FN7O3/c1-15-21-11-19(29)7-8-20(21)24-18(14-34(2)32-24)9-22-25(28(37)35(3)38-4)33-36(13-16-5-6-16)26(22)17-10-23(39-15)27(30)31-12-17/h7-8,10-12,14-16H,5-6,9,13H2,1-4H3,(H2,30,31)/t15-/m1/s1. The SMILES string of the molecule is CON(C)C(=O)c1nn(CC2CC2)c2c1Cc1cn(C)nc1-c1ccc(F)cc1[C@@H](C)Oc1cc-2cnc1N. The van der Waals surface area contributed by atoms with E-state index in [1.165, 1.54) is 24.3 Å². The summed E-state index contributed by atoms with van der Waals surface area (Å²) >= 11 is 0. The van der Waals surface area contributed by atoms with Gasteiger partial charge < -0.3 is 10.5 Å². The molecule has 202 valence electrons. The molecule has 1 aliphatic carbocycles. The fraction of sp³-hybridized carbons (Fsp3) is 0.357. The number of nitrogen functional groups attached to an aromatic ring is 1. The monoisotopic (exact) mass is 531 g/mol. The molecule has 2 aliphatic rings. The summed E-state index contributed by atoms with van der Waals surface area (Å²) in [6.07, 6.45) is 5.63. The number of hydroxylamine groups is 2. The first kappa shape index (κ1) is 25.1. The van der Waals surface area contributed by atoms with Crippen molar-refractivity contribution in [1.82, 2.24) is 29.6 Å². The van der Waals surface area contributed by atoms with E-state index in [9.17, 15) is 9.18 Å². The van der Waals surface area contributed by atoms with Crippen molar-refractivity contribution in [2.75, 3.05) is 19.9 Å². The fourth-order valence-corrected chi connectivity index (χ4v) is 5.17. The van der Waals surface area contributed by atoms with Gasteiger partial charge in [0.15, 0.2) is 17.3 Å². The normalized spacial score (nSPS) is 16.3. The molecular formula is C28H30FN7O3. The van der Waals surface area contributed by atoms with Crippen LogP contribution in [-0.2, 0) is 24.9 Å². The highest BCUT2D eigenvalue weighted by molar-refractivity contribution is 5.95. The number of pyridine rings is 1. The molecule has 0 radical (unpaired) electrons. The average molecular weight is 532 g/mol. The lowest BCUT2D eigenvalue weighted by Crippen LogP contribution is -2.27. The van der Waals surface area contributed by atoms with Crippen molar-refractivity contribution in [3.05, 3.63) is 64.9 Å². The van der Waals surface area contributed by atoms with E-state index in [-0.39, 0.29) is 23.2 Å². The number of halogens is 1. The number of hydrogen-bond donors (Lipinski definition) is 1. The van der Waals surface area contributed by atoms with Crippen molar-refractivity contribution in [3.63, 3.8) is 0 Å². The summed E-state index contributed by atoms with van der Waals surface area (Å²) in [6.45, 7) is 2.52. The lowest BCUT2D eigenvalue weighted by molar-refractivity contribution is -0.0761. The van der Waals surface area contributed by atoms with Crippen molar-refractivity contribution in [3.8, 4) is 28.3 Å². The second-order valence-electron chi connectivity index (χ2n) is 10.2. The highest BCUT2D eigenvalue weighted by Crippen LogP contribution is 2.40. The summed E-state index contributed by atoms with van der Waals surface area (Å²) in [6, 6.07) is 6.40. The number of aryl methyl sites for hydroxylation is 1. The summed E-state index contributed by atoms with van der Waals surface area (Å²) in [5, 5.41) is 10.7. The minimum Gasteiger partial charge on any atom is -0.482 e. The zero-order chi connectivity index (χ0) is 27.4. The third-order valence-electron chi connectivity index (χ3n) is 7.38. The van der Waals surface area contributed by atoms with Crippen LogP contribution in [0.4, 0.5) is 10.2 Å². The summed E-state index contributed by atoms with van der Waals surface area (Å²) < 4.78 is 24.4. The Morgan fingerprint density at radius 1 is 1.28 bits per heavy atom. The van der Waals surface area contributed by atoms with Gasteiger partial charge in [0.2, 0.25) is 0 Å². The van der Waals surface area contributed by atoms with Crippen molar-refractivity contribution in [1.29, 1.82) is 0 Å². The Morgan fingerprint density at radius 3 is 2.82 bits per heavy atom. The van der Waals surface area contributed by atoms with Gasteiger partial charge >= 0.3 is 0 Å². The summed E-state index contributed by atoms with van der Waals surface area (Å²) in [5.41, 5.74) is 11.6. The third kappa shape index (κ3) is 4.52. The maximum absolute atomic E-state index is 14.5. The van der Waals surface area contributed by atoms with Gasteiger partial charge in [0.1, 0.15) is 11.9 Å². The lowest BCUT2D eigenvalue weighted by atomic mass is 9.93. The Hall–Kier alpha value is -4.25. The Bertz CT molecular complexity index is 1590. The first-order valence-electron chi connectivity index (χ1n) is 12.9. The molecule has 2 bridgehead atoms. The second-order valence-corrected chi connectivity index (χ2v) is 10.2. The number of carbonyl (C=O) groups excluding carboxylic acids is 1. The molecule has 0 spiro atoms. The summed E-state index contributed by atoms with van der Waals surface area (Å²) in [5.74, 6) is 0.324. The van der Waals surface area contributed by atoms with Gasteiger partial charge in [0.25, 0.3) is 5.91 Å². The second kappa shape index (κ2) is 9.49. The van der Waals surface area contributed by atoms with Crippen molar-refractivity contribution in [2.45, 2.75) is 38.8 Å². The topological polar surface area (TPSA) is 113 Å². The van der Waals surface area contributed by atoms with Crippen LogP contribution in [0.25, 0.3) is 22.5 Å². The molecule has 6 rings (SSSR count). The number of amides is 1. The lowest BCUT2D eigenvalue weighted by Gasteiger charge is -2.21. The molecule has 1 amide bonds. The van der Waals surface area contributed by atoms with E-state index >= 15 is 0 Å². The quantitative estimate of drug-likeness (QED) is 0.394. The van der Waals surface area contributed by atoms with Crippen LogP contribution in [-0.4, -0.2) is 49.7 Å².